The molecule has 0 fully saturated rings. The monoisotopic (exact) mass is 370 g/mol. The number of aryl methyl sites for hydroxylation is 1. The predicted octanol–water partition coefficient (Wildman–Crippen LogP) is 2.15. The van der Waals surface area contributed by atoms with Gasteiger partial charge in [0.1, 0.15) is 5.52 Å². The van der Waals surface area contributed by atoms with Gasteiger partial charge in [-0.05, 0) is 30.3 Å². The van der Waals surface area contributed by atoms with E-state index in [0.717, 1.165) is 10.2 Å². The van der Waals surface area contributed by atoms with Crippen molar-refractivity contribution in [2.45, 2.75) is 13.3 Å². The van der Waals surface area contributed by atoms with Crippen molar-refractivity contribution in [2.24, 2.45) is 0 Å². The molecule has 3 aromatic heterocycles. The van der Waals surface area contributed by atoms with E-state index in [4.69, 9.17) is 0 Å². The molecule has 0 atom stereocenters. The van der Waals surface area contributed by atoms with Crippen molar-refractivity contribution in [3.8, 4) is 5.69 Å². The van der Waals surface area contributed by atoms with Gasteiger partial charge in [0.25, 0.3) is 11.3 Å². The van der Waals surface area contributed by atoms with Gasteiger partial charge in [0.05, 0.1) is 0 Å². The van der Waals surface area contributed by atoms with E-state index in [9.17, 15) is 4.79 Å². The molecule has 0 spiro atoms. The third kappa shape index (κ3) is 2.22. The molecule has 4 aromatic rings. The Hall–Kier alpha value is -2.61. The minimum Gasteiger partial charge on any atom is -0.282 e. The summed E-state index contributed by atoms with van der Waals surface area (Å²) in [5.41, 5.74) is 1.37. The fourth-order valence-electron chi connectivity index (χ4n) is 2.40. The maximum atomic E-state index is 12.7. The minimum atomic E-state index is -0.243. The molecule has 0 radical (unpaired) electrons. The number of hydrogen-bond donors (Lipinski definition) is 0. The smallest absolute Gasteiger partial charge is 0.282 e. The normalized spacial score (nSPS) is 11.4. The Morgan fingerprint density at radius 3 is 2.65 bits per heavy atom. The summed E-state index contributed by atoms with van der Waals surface area (Å²) >= 11 is 3.38. The van der Waals surface area contributed by atoms with E-state index in [2.05, 4.69) is 36.2 Å². The highest BCUT2D eigenvalue weighted by Crippen LogP contribution is 2.14. The SMILES string of the molecule is CCc1nc2nnc3c(=O)n(-c4ccc(Br)cc4)ccc3n2n1. The van der Waals surface area contributed by atoms with Crippen molar-refractivity contribution in [2.75, 3.05) is 0 Å². The molecule has 3 heterocycles. The van der Waals surface area contributed by atoms with Gasteiger partial charge in [-0.2, -0.15) is 9.50 Å². The second kappa shape index (κ2) is 5.24. The van der Waals surface area contributed by atoms with E-state index >= 15 is 0 Å². The van der Waals surface area contributed by atoms with Crippen molar-refractivity contribution in [1.29, 1.82) is 0 Å². The molecular formula is C15H11BrN6O. The van der Waals surface area contributed by atoms with Crippen LogP contribution < -0.4 is 5.56 Å². The van der Waals surface area contributed by atoms with Crippen LogP contribution in [0.1, 0.15) is 12.7 Å². The molecule has 0 unspecified atom stereocenters. The number of rotatable bonds is 2. The molecule has 8 heteroatoms. The van der Waals surface area contributed by atoms with Gasteiger partial charge in [-0.3, -0.25) is 9.36 Å². The van der Waals surface area contributed by atoms with Crippen LogP contribution in [0.2, 0.25) is 0 Å². The van der Waals surface area contributed by atoms with Crippen LogP contribution in [-0.4, -0.2) is 29.4 Å². The summed E-state index contributed by atoms with van der Waals surface area (Å²) in [5, 5.41) is 12.4. The van der Waals surface area contributed by atoms with E-state index in [1.807, 2.05) is 31.2 Å². The number of benzene rings is 1. The third-order valence-corrected chi connectivity index (χ3v) is 4.10. The zero-order valence-corrected chi connectivity index (χ0v) is 13.7. The lowest BCUT2D eigenvalue weighted by molar-refractivity contribution is 0.883. The lowest BCUT2D eigenvalue weighted by Gasteiger charge is -2.07. The molecule has 0 aliphatic carbocycles. The third-order valence-electron chi connectivity index (χ3n) is 3.57. The Morgan fingerprint density at radius 1 is 1.13 bits per heavy atom. The van der Waals surface area contributed by atoms with Crippen LogP contribution in [0.4, 0.5) is 0 Å². The van der Waals surface area contributed by atoms with E-state index in [1.165, 1.54) is 4.57 Å². The van der Waals surface area contributed by atoms with Gasteiger partial charge in [0.15, 0.2) is 11.3 Å². The number of halogens is 1. The molecule has 23 heavy (non-hydrogen) atoms. The van der Waals surface area contributed by atoms with Crippen LogP contribution in [-0.2, 0) is 6.42 Å². The van der Waals surface area contributed by atoms with Gasteiger partial charge < -0.3 is 0 Å². The summed E-state index contributed by atoms with van der Waals surface area (Å²) in [6.07, 6.45) is 2.41. The first-order valence-corrected chi connectivity index (χ1v) is 7.86. The van der Waals surface area contributed by atoms with Gasteiger partial charge in [-0.15, -0.1) is 15.3 Å². The highest BCUT2D eigenvalue weighted by atomic mass is 79.9. The molecule has 0 bridgehead atoms. The molecule has 0 N–H and O–H groups in total. The minimum absolute atomic E-state index is 0.243. The predicted molar refractivity (Wildman–Crippen MR) is 88.8 cm³/mol. The van der Waals surface area contributed by atoms with Gasteiger partial charge in [-0.1, -0.05) is 22.9 Å². The molecule has 0 amide bonds. The largest absolute Gasteiger partial charge is 0.285 e. The van der Waals surface area contributed by atoms with Crippen molar-refractivity contribution in [3.05, 3.63) is 57.2 Å². The van der Waals surface area contributed by atoms with E-state index < -0.39 is 0 Å². The standard InChI is InChI=1S/C15H11BrN6O/c1-2-12-17-15-19-18-13-11(22(15)20-12)7-8-21(14(13)23)10-5-3-9(16)4-6-10/h3-8H,2H2,1H3. The summed E-state index contributed by atoms with van der Waals surface area (Å²) in [5.74, 6) is 1.07. The van der Waals surface area contributed by atoms with Gasteiger partial charge in [0.2, 0.25) is 0 Å². The Balaban J connectivity index is 2.00. The zero-order chi connectivity index (χ0) is 16.0. The van der Waals surface area contributed by atoms with E-state index in [1.54, 1.807) is 16.8 Å². The summed E-state index contributed by atoms with van der Waals surface area (Å²) < 4.78 is 4.05. The van der Waals surface area contributed by atoms with Crippen molar-refractivity contribution in [1.82, 2.24) is 29.4 Å². The zero-order valence-electron chi connectivity index (χ0n) is 12.1. The van der Waals surface area contributed by atoms with Crippen LogP contribution in [0.5, 0.6) is 0 Å². The average molecular weight is 371 g/mol. The fraction of sp³-hybridized carbons (Fsp3) is 0.133. The second-order valence-electron chi connectivity index (χ2n) is 4.99. The summed E-state index contributed by atoms with van der Waals surface area (Å²) in [4.78, 5) is 17.0. The highest BCUT2D eigenvalue weighted by Gasteiger charge is 2.12. The van der Waals surface area contributed by atoms with Gasteiger partial charge in [0, 0.05) is 22.8 Å². The molecule has 0 saturated carbocycles. The van der Waals surface area contributed by atoms with Crippen LogP contribution in [0.15, 0.2) is 45.8 Å². The van der Waals surface area contributed by atoms with Crippen LogP contribution in [0, 0.1) is 0 Å². The first-order chi connectivity index (χ1) is 11.2. The summed E-state index contributed by atoms with van der Waals surface area (Å²) in [6, 6.07) is 9.27. The summed E-state index contributed by atoms with van der Waals surface area (Å²) in [7, 11) is 0. The molecule has 7 nitrogen and oxygen atoms in total. The Labute approximate surface area is 138 Å². The van der Waals surface area contributed by atoms with Crippen molar-refractivity contribution < 1.29 is 0 Å². The number of aromatic nitrogens is 6. The number of nitrogens with zero attached hydrogens (tertiary/aromatic N) is 6. The number of hydrogen-bond acceptors (Lipinski definition) is 5. The molecule has 4 rings (SSSR count). The molecule has 0 aliphatic rings. The Kier molecular flexibility index (Phi) is 3.19. The summed E-state index contributed by atoms with van der Waals surface area (Å²) in [6.45, 7) is 1.96. The number of pyridine rings is 1. The average Bonchev–Trinajstić information content (AvgIpc) is 3.00. The maximum absolute atomic E-state index is 12.7. The molecule has 1 aromatic carbocycles. The Morgan fingerprint density at radius 2 is 1.91 bits per heavy atom. The molecule has 0 aliphatic heterocycles. The first kappa shape index (κ1) is 14.0. The van der Waals surface area contributed by atoms with E-state index in [0.29, 0.717) is 23.5 Å². The lowest BCUT2D eigenvalue weighted by Crippen LogP contribution is -2.20. The lowest BCUT2D eigenvalue weighted by atomic mass is 10.3. The number of fused-ring (bicyclic) bond motifs is 3. The van der Waals surface area contributed by atoms with Crippen LogP contribution in [0.25, 0.3) is 22.5 Å². The maximum Gasteiger partial charge on any atom is 0.285 e. The van der Waals surface area contributed by atoms with E-state index in [-0.39, 0.29) is 11.1 Å². The second-order valence-corrected chi connectivity index (χ2v) is 5.91. The van der Waals surface area contributed by atoms with Gasteiger partial charge >= 0.3 is 0 Å². The molecular weight excluding hydrogens is 360 g/mol. The molecule has 0 saturated heterocycles. The topological polar surface area (TPSA) is 78.0 Å². The Bertz CT molecular complexity index is 1080. The van der Waals surface area contributed by atoms with Crippen LogP contribution in [0.3, 0.4) is 0 Å². The molecule has 114 valence electrons. The quantitative estimate of drug-likeness (QED) is 0.540. The van der Waals surface area contributed by atoms with Crippen molar-refractivity contribution >= 4 is 32.7 Å². The van der Waals surface area contributed by atoms with Gasteiger partial charge in [-0.25, -0.2) is 0 Å². The first-order valence-electron chi connectivity index (χ1n) is 7.07. The highest BCUT2D eigenvalue weighted by molar-refractivity contribution is 9.10. The van der Waals surface area contributed by atoms with Crippen molar-refractivity contribution in [3.63, 3.8) is 0 Å². The fourth-order valence-corrected chi connectivity index (χ4v) is 2.67. The van der Waals surface area contributed by atoms with Crippen LogP contribution >= 0.6 is 15.9 Å².